The minimum absolute atomic E-state index is 0. The maximum atomic E-state index is 11.3. The summed E-state index contributed by atoms with van der Waals surface area (Å²) in [4.78, 5) is 23.6. The van der Waals surface area contributed by atoms with Gasteiger partial charge in [0.25, 0.3) is 0 Å². The largest absolute Gasteiger partial charge is 1.00 e. The number of aromatic nitrogens is 1. The summed E-state index contributed by atoms with van der Waals surface area (Å²) in [7, 11) is 2.96. The Morgan fingerprint density at radius 2 is 1.81 bits per heavy atom. The molecule has 0 unspecified atom stereocenters. The molecule has 1 aliphatic rings. The van der Waals surface area contributed by atoms with Crippen molar-refractivity contribution in [2.24, 2.45) is 0 Å². The molecule has 3 aromatic rings. The zero-order chi connectivity index (χ0) is 20.6. The summed E-state index contributed by atoms with van der Waals surface area (Å²) >= 11 is 1.51. The fourth-order valence-corrected chi connectivity index (χ4v) is 5.52. The summed E-state index contributed by atoms with van der Waals surface area (Å²) in [5, 5.41) is 0. The van der Waals surface area contributed by atoms with Crippen molar-refractivity contribution in [2.75, 3.05) is 21.0 Å². The van der Waals surface area contributed by atoms with Gasteiger partial charge in [-0.15, -0.1) is 0 Å². The molecule has 0 bridgehead atoms. The summed E-state index contributed by atoms with van der Waals surface area (Å²) in [5.41, 5.74) is 2.28. The van der Waals surface area contributed by atoms with Gasteiger partial charge < -0.3 is 33.3 Å². The molecule has 0 aliphatic carbocycles. The minimum Gasteiger partial charge on any atom is -0.803 e. The van der Waals surface area contributed by atoms with E-state index >= 15 is 0 Å². The van der Waals surface area contributed by atoms with Crippen LogP contribution >= 0.6 is 29.7 Å². The molecular formula is C18H14NNa2O7PS2. The third-order valence-electron chi connectivity index (χ3n) is 4.18. The number of nitrogens with zero attached hydrogens (tertiary/aromatic N) is 1. The van der Waals surface area contributed by atoms with Crippen molar-refractivity contribution < 1.29 is 92.4 Å². The first-order valence-corrected chi connectivity index (χ1v) is 12.0. The van der Waals surface area contributed by atoms with Crippen molar-refractivity contribution in [3.8, 4) is 44.6 Å². The maximum absolute atomic E-state index is 11.3. The first kappa shape index (κ1) is 27.0. The van der Waals surface area contributed by atoms with Gasteiger partial charge in [0.1, 0.15) is 5.75 Å². The number of rotatable bonds is 6. The van der Waals surface area contributed by atoms with Crippen molar-refractivity contribution in [2.45, 2.75) is 4.90 Å². The summed E-state index contributed by atoms with van der Waals surface area (Å²) in [6.45, 7) is -4.72. The van der Waals surface area contributed by atoms with E-state index in [2.05, 4.69) is 4.37 Å². The second-order valence-corrected chi connectivity index (χ2v) is 10.1. The van der Waals surface area contributed by atoms with Crippen LogP contribution in [0.4, 0.5) is 0 Å². The SMILES string of the molecule is COc1ccc(-c2cnsc2-c2cc(OC)c3c(c2)OCO3)cc1SP(=O)([O-])[O-].[Na+].[Na+]. The smallest absolute Gasteiger partial charge is 0.803 e. The van der Waals surface area contributed by atoms with E-state index in [0.29, 0.717) is 28.6 Å². The van der Waals surface area contributed by atoms with E-state index < -0.39 is 6.80 Å². The van der Waals surface area contributed by atoms with Gasteiger partial charge in [0.05, 0.1) is 24.0 Å². The monoisotopic (exact) mass is 497 g/mol. The Balaban J connectivity index is 0.00000171. The van der Waals surface area contributed by atoms with Crippen LogP contribution in [0.3, 0.4) is 0 Å². The summed E-state index contributed by atoms with van der Waals surface area (Å²) in [6.07, 6.45) is 1.68. The van der Waals surface area contributed by atoms with Gasteiger partial charge in [-0.1, -0.05) is 17.4 Å². The Labute approximate surface area is 231 Å². The van der Waals surface area contributed by atoms with E-state index in [9.17, 15) is 14.4 Å². The topological polar surface area (TPSA) is 113 Å². The first-order chi connectivity index (χ1) is 13.9. The molecule has 0 radical (unpaired) electrons. The number of methoxy groups -OCH3 is 2. The average molecular weight is 497 g/mol. The fourth-order valence-electron chi connectivity index (χ4n) is 2.95. The van der Waals surface area contributed by atoms with Crippen LogP contribution in [0.15, 0.2) is 41.4 Å². The van der Waals surface area contributed by atoms with E-state index in [1.165, 1.54) is 18.6 Å². The van der Waals surface area contributed by atoms with Gasteiger partial charge in [-0.25, -0.2) is 0 Å². The van der Waals surface area contributed by atoms with Crippen LogP contribution in [0.25, 0.3) is 21.6 Å². The molecule has 0 N–H and O–H groups in total. The van der Waals surface area contributed by atoms with Crippen LogP contribution in [-0.4, -0.2) is 25.4 Å². The average Bonchev–Trinajstić information content (AvgIpc) is 3.35. The molecule has 4 rings (SSSR count). The molecule has 8 nitrogen and oxygen atoms in total. The molecule has 13 heteroatoms. The quantitative estimate of drug-likeness (QED) is 0.262. The van der Waals surface area contributed by atoms with Crippen LogP contribution in [-0.2, 0) is 4.57 Å². The number of hydrogen-bond acceptors (Lipinski definition) is 10. The first-order valence-electron chi connectivity index (χ1n) is 8.22. The standard InChI is InChI=1S/C18H16NO7PS2.2Na/c1-23-13-4-3-10(7-16(13)29-27(20,21)22)12-8-19-28-18(12)11-5-14(24-2)17-15(6-11)25-9-26-17;;/h3-8H,9H2,1-2H3,(H2,20,21,22);;/q;2*+1/p-2. The van der Waals surface area contributed by atoms with E-state index in [4.69, 9.17) is 18.9 Å². The Hall–Kier alpha value is -0.230. The molecule has 1 aliphatic heterocycles. The van der Waals surface area contributed by atoms with Gasteiger partial charge in [0.2, 0.25) is 12.5 Å². The molecule has 0 spiro atoms. The fraction of sp³-hybridized carbons (Fsp3) is 0.167. The van der Waals surface area contributed by atoms with E-state index in [1.807, 2.05) is 12.1 Å². The van der Waals surface area contributed by atoms with Crippen molar-refractivity contribution in [3.63, 3.8) is 0 Å². The second-order valence-electron chi connectivity index (χ2n) is 5.89. The molecule has 2 heterocycles. The molecule has 0 atom stereocenters. The van der Waals surface area contributed by atoms with Crippen LogP contribution in [0.2, 0.25) is 0 Å². The maximum Gasteiger partial charge on any atom is 1.00 e. The molecule has 0 amide bonds. The van der Waals surface area contributed by atoms with Gasteiger partial charge >= 0.3 is 59.1 Å². The second kappa shape index (κ2) is 11.3. The van der Waals surface area contributed by atoms with Gasteiger partial charge in [-0.3, -0.25) is 0 Å². The molecular weight excluding hydrogens is 483 g/mol. The minimum atomic E-state index is -4.84. The summed E-state index contributed by atoms with van der Waals surface area (Å²) in [5.74, 6) is 1.97. The van der Waals surface area contributed by atoms with Crippen LogP contribution in [0.5, 0.6) is 23.0 Å². The van der Waals surface area contributed by atoms with Gasteiger partial charge in [-0.05, 0) is 48.2 Å². The van der Waals surface area contributed by atoms with Crippen LogP contribution < -0.4 is 87.8 Å². The predicted molar refractivity (Wildman–Crippen MR) is 106 cm³/mol. The predicted octanol–water partition coefficient (Wildman–Crippen LogP) is -2.85. The molecule has 0 saturated heterocycles. The molecule has 0 saturated carbocycles. The van der Waals surface area contributed by atoms with Crippen LogP contribution in [0.1, 0.15) is 0 Å². The van der Waals surface area contributed by atoms with E-state index in [1.54, 1.807) is 31.5 Å². The number of hydrogen-bond donors (Lipinski definition) is 0. The molecule has 152 valence electrons. The van der Waals surface area contributed by atoms with E-state index in [-0.39, 0.29) is 82.2 Å². The molecule has 0 fully saturated rings. The Morgan fingerprint density at radius 3 is 2.48 bits per heavy atom. The number of ether oxygens (including phenoxy) is 4. The Bertz CT molecular complexity index is 1120. The Kier molecular flexibility index (Phi) is 9.82. The molecule has 31 heavy (non-hydrogen) atoms. The van der Waals surface area contributed by atoms with Crippen molar-refractivity contribution in [1.29, 1.82) is 0 Å². The van der Waals surface area contributed by atoms with Crippen molar-refractivity contribution >= 4 is 29.7 Å². The van der Waals surface area contributed by atoms with E-state index in [0.717, 1.165) is 16.0 Å². The Morgan fingerprint density at radius 1 is 1.06 bits per heavy atom. The van der Waals surface area contributed by atoms with Crippen molar-refractivity contribution in [3.05, 3.63) is 36.5 Å². The number of benzene rings is 2. The van der Waals surface area contributed by atoms with Crippen molar-refractivity contribution in [1.82, 2.24) is 4.37 Å². The zero-order valence-corrected chi connectivity index (χ0v) is 23.8. The number of fused-ring (bicyclic) bond motifs is 1. The summed E-state index contributed by atoms with van der Waals surface area (Å²) < 4.78 is 37.1. The van der Waals surface area contributed by atoms with Gasteiger partial charge in [0.15, 0.2) is 11.5 Å². The van der Waals surface area contributed by atoms with Crippen LogP contribution in [0, 0.1) is 0 Å². The van der Waals surface area contributed by atoms with Gasteiger partial charge in [0, 0.05) is 17.3 Å². The zero-order valence-electron chi connectivity index (χ0n) is 17.2. The summed E-state index contributed by atoms with van der Waals surface area (Å²) in [6, 6.07) is 8.66. The molecule has 2 aromatic carbocycles. The third kappa shape index (κ3) is 6.02. The normalized spacial score (nSPS) is 12.0. The van der Waals surface area contributed by atoms with Gasteiger partial charge in [-0.2, -0.15) is 4.37 Å². The molecule has 1 aromatic heterocycles. The third-order valence-corrected chi connectivity index (χ3v) is 7.03.